The van der Waals surface area contributed by atoms with Crippen molar-refractivity contribution in [3.8, 4) is 0 Å². The SMILES string of the molecule is CCCS(=O)(=O)N1CCCC1C(=O)NCCN1CC=CCC1. The number of rotatable bonds is 7. The van der Waals surface area contributed by atoms with Gasteiger partial charge in [0.05, 0.1) is 5.75 Å². The van der Waals surface area contributed by atoms with Crippen molar-refractivity contribution in [2.75, 3.05) is 38.5 Å². The second kappa shape index (κ2) is 8.08. The fourth-order valence-corrected chi connectivity index (χ4v) is 4.80. The normalized spacial score (nSPS) is 23.8. The highest BCUT2D eigenvalue weighted by molar-refractivity contribution is 7.89. The first-order chi connectivity index (χ1) is 10.5. The lowest BCUT2D eigenvalue weighted by atomic mass is 10.2. The zero-order chi connectivity index (χ0) is 16.0. The van der Waals surface area contributed by atoms with Gasteiger partial charge >= 0.3 is 0 Å². The van der Waals surface area contributed by atoms with Gasteiger partial charge in [-0.2, -0.15) is 4.31 Å². The molecule has 126 valence electrons. The van der Waals surface area contributed by atoms with Gasteiger partial charge in [0.1, 0.15) is 6.04 Å². The van der Waals surface area contributed by atoms with E-state index in [0.717, 1.165) is 32.5 Å². The molecule has 7 heteroatoms. The van der Waals surface area contributed by atoms with Crippen LogP contribution in [0.25, 0.3) is 0 Å². The molecule has 1 N–H and O–H groups in total. The molecule has 6 nitrogen and oxygen atoms in total. The Morgan fingerprint density at radius 3 is 2.82 bits per heavy atom. The lowest BCUT2D eigenvalue weighted by Crippen LogP contribution is -2.48. The van der Waals surface area contributed by atoms with Gasteiger partial charge in [0.25, 0.3) is 0 Å². The first-order valence-corrected chi connectivity index (χ1v) is 9.80. The van der Waals surface area contributed by atoms with Crippen molar-refractivity contribution in [2.45, 2.75) is 38.6 Å². The summed E-state index contributed by atoms with van der Waals surface area (Å²) in [7, 11) is -3.30. The van der Waals surface area contributed by atoms with Crippen LogP contribution in [0.2, 0.25) is 0 Å². The number of sulfonamides is 1. The van der Waals surface area contributed by atoms with Crippen LogP contribution in [-0.2, 0) is 14.8 Å². The molecule has 0 aromatic carbocycles. The van der Waals surface area contributed by atoms with Crippen molar-refractivity contribution in [2.24, 2.45) is 0 Å². The molecule has 22 heavy (non-hydrogen) atoms. The third kappa shape index (κ3) is 4.54. The molecular weight excluding hydrogens is 302 g/mol. The van der Waals surface area contributed by atoms with Gasteiger partial charge in [0, 0.05) is 32.7 Å². The smallest absolute Gasteiger partial charge is 0.238 e. The zero-order valence-electron chi connectivity index (χ0n) is 13.3. The molecule has 1 unspecified atom stereocenters. The quantitative estimate of drug-likeness (QED) is 0.693. The fourth-order valence-electron chi connectivity index (χ4n) is 3.06. The summed E-state index contributed by atoms with van der Waals surface area (Å²) in [6, 6.07) is -0.516. The van der Waals surface area contributed by atoms with Gasteiger partial charge in [-0.15, -0.1) is 0 Å². The Bertz CT molecular complexity index is 504. The number of nitrogens with zero attached hydrogens (tertiary/aromatic N) is 2. The first-order valence-electron chi connectivity index (χ1n) is 8.19. The molecule has 1 atom stereocenters. The second-order valence-corrected chi connectivity index (χ2v) is 7.98. The van der Waals surface area contributed by atoms with Crippen molar-refractivity contribution < 1.29 is 13.2 Å². The summed E-state index contributed by atoms with van der Waals surface area (Å²) in [6.45, 7) is 5.64. The van der Waals surface area contributed by atoms with Crippen LogP contribution >= 0.6 is 0 Å². The average Bonchev–Trinajstić information content (AvgIpc) is 2.98. The maximum Gasteiger partial charge on any atom is 0.238 e. The van der Waals surface area contributed by atoms with Crippen molar-refractivity contribution in [3.63, 3.8) is 0 Å². The predicted molar refractivity (Wildman–Crippen MR) is 87.0 cm³/mol. The Labute approximate surface area is 133 Å². The minimum Gasteiger partial charge on any atom is -0.353 e. The summed E-state index contributed by atoms with van der Waals surface area (Å²) in [5.74, 6) is -0.0265. The standard InChI is InChI=1S/C15H27N3O3S/c1-2-13-22(20,21)18-11-6-7-14(18)15(19)16-8-12-17-9-4-3-5-10-17/h3-4,14H,2,5-13H2,1H3,(H,16,19). The van der Waals surface area contributed by atoms with E-state index in [1.165, 1.54) is 4.31 Å². The summed E-state index contributed by atoms with van der Waals surface area (Å²) < 4.78 is 25.8. The van der Waals surface area contributed by atoms with Gasteiger partial charge in [-0.05, 0) is 25.7 Å². The summed E-state index contributed by atoms with van der Waals surface area (Å²) in [5, 5.41) is 2.91. The van der Waals surface area contributed by atoms with Crippen molar-refractivity contribution in [1.29, 1.82) is 0 Å². The molecule has 0 spiro atoms. The Morgan fingerprint density at radius 2 is 2.14 bits per heavy atom. The van der Waals surface area contributed by atoms with Gasteiger partial charge < -0.3 is 5.32 Å². The molecule has 2 heterocycles. The Hall–Kier alpha value is -0.920. The van der Waals surface area contributed by atoms with Crippen LogP contribution in [0.3, 0.4) is 0 Å². The van der Waals surface area contributed by atoms with Crippen LogP contribution in [0.15, 0.2) is 12.2 Å². The maximum absolute atomic E-state index is 12.3. The van der Waals surface area contributed by atoms with Gasteiger partial charge in [0.2, 0.25) is 15.9 Å². The van der Waals surface area contributed by atoms with E-state index in [0.29, 0.717) is 25.9 Å². The fraction of sp³-hybridized carbons (Fsp3) is 0.800. The average molecular weight is 329 g/mol. The molecule has 1 fully saturated rings. The van der Waals surface area contributed by atoms with E-state index >= 15 is 0 Å². The lowest BCUT2D eigenvalue weighted by Gasteiger charge is -2.25. The number of carbonyl (C=O) groups excluding carboxylic acids is 1. The minimum absolute atomic E-state index is 0.122. The maximum atomic E-state index is 12.3. The molecule has 1 amide bonds. The molecule has 0 bridgehead atoms. The number of hydrogen-bond donors (Lipinski definition) is 1. The summed E-state index contributed by atoms with van der Waals surface area (Å²) in [5.41, 5.74) is 0. The molecule has 0 aliphatic carbocycles. The molecular formula is C15H27N3O3S. The van der Waals surface area contributed by atoms with Gasteiger partial charge in [-0.3, -0.25) is 9.69 Å². The van der Waals surface area contributed by atoms with Gasteiger partial charge in [0.15, 0.2) is 0 Å². The molecule has 0 aromatic heterocycles. The third-order valence-electron chi connectivity index (χ3n) is 4.20. The van der Waals surface area contributed by atoms with Crippen LogP contribution in [0.1, 0.15) is 32.6 Å². The van der Waals surface area contributed by atoms with E-state index in [-0.39, 0.29) is 11.7 Å². The molecule has 2 aliphatic heterocycles. The summed E-state index contributed by atoms with van der Waals surface area (Å²) in [6.07, 6.45) is 7.33. The monoisotopic (exact) mass is 329 g/mol. The Balaban J connectivity index is 1.82. The zero-order valence-corrected chi connectivity index (χ0v) is 14.1. The molecule has 2 rings (SSSR count). The van der Waals surface area contributed by atoms with Crippen molar-refractivity contribution in [1.82, 2.24) is 14.5 Å². The van der Waals surface area contributed by atoms with E-state index < -0.39 is 16.1 Å². The van der Waals surface area contributed by atoms with E-state index in [9.17, 15) is 13.2 Å². The van der Waals surface area contributed by atoms with Crippen LogP contribution in [-0.4, -0.2) is 68.0 Å². The summed E-state index contributed by atoms with van der Waals surface area (Å²) in [4.78, 5) is 14.6. The highest BCUT2D eigenvalue weighted by Crippen LogP contribution is 2.21. The van der Waals surface area contributed by atoms with E-state index in [2.05, 4.69) is 22.4 Å². The van der Waals surface area contributed by atoms with Crippen LogP contribution < -0.4 is 5.32 Å². The Morgan fingerprint density at radius 1 is 1.32 bits per heavy atom. The topological polar surface area (TPSA) is 69.7 Å². The minimum atomic E-state index is -3.30. The number of amides is 1. The largest absolute Gasteiger partial charge is 0.353 e. The van der Waals surface area contributed by atoms with E-state index in [1.807, 2.05) is 6.92 Å². The molecule has 1 saturated heterocycles. The van der Waals surface area contributed by atoms with Gasteiger partial charge in [-0.25, -0.2) is 8.42 Å². The van der Waals surface area contributed by atoms with Crippen molar-refractivity contribution in [3.05, 3.63) is 12.2 Å². The third-order valence-corrected chi connectivity index (χ3v) is 6.27. The number of hydrogen-bond acceptors (Lipinski definition) is 4. The van der Waals surface area contributed by atoms with Crippen LogP contribution in [0, 0.1) is 0 Å². The van der Waals surface area contributed by atoms with E-state index in [4.69, 9.17) is 0 Å². The highest BCUT2D eigenvalue weighted by atomic mass is 32.2. The van der Waals surface area contributed by atoms with E-state index in [1.54, 1.807) is 0 Å². The van der Waals surface area contributed by atoms with Crippen molar-refractivity contribution >= 4 is 15.9 Å². The number of nitrogens with one attached hydrogen (secondary N) is 1. The molecule has 0 radical (unpaired) electrons. The van der Waals surface area contributed by atoms with Crippen LogP contribution in [0.5, 0.6) is 0 Å². The molecule has 2 aliphatic rings. The second-order valence-electron chi connectivity index (χ2n) is 5.94. The van der Waals surface area contributed by atoms with Gasteiger partial charge in [-0.1, -0.05) is 19.1 Å². The molecule has 0 aromatic rings. The Kier molecular flexibility index (Phi) is 6.40. The number of carbonyl (C=O) groups is 1. The van der Waals surface area contributed by atoms with Crippen LogP contribution in [0.4, 0.5) is 0 Å². The molecule has 0 saturated carbocycles. The lowest BCUT2D eigenvalue weighted by molar-refractivity contribution is -0.124. The predicted octanol–water partition coefficient (Wildman–Crippen LogP) is 0.569. The first kappa shape index (κ1) is 17.4. The summed E-state index contributed by atoms with van der Waals surface area (Å²) >= 11 is 0. The highest BCUT2D eigenvalue weighted by Gasteiger charge is 2.37.